The molecule has 1 aromatic carbocycles. The third-order valence-corrected chi connectivity index (χ3v) is 5.73. The van der Waals surface area contributed by atoms with Crippen LogP contribution < -0.4 is 0 Å². The summed E-state index contributed by atoms with van der Waals surface area (Å²) in [7, 11) is 2.02. The minimum absolute atomic E-state index is 0.115. The second-order valence-corrected chi connectivity index (χ2v) is 10.3. The predicted molar refractivity (Wildman–Crippen MR) is 119 cm³/mol. The van der Waals surface area contributed by atoms with E-state index in [1.807, 2.05) is 27.8 Å². The molecule has 2 unspecified atom stereocenters. The summed E-state index contributed by atoms with van der Waals surface area (Å²) in [5.41, 5.74) is 5.20. The zero-order valence-corrected chi connectivity index (χ0v) is 20.1. The standard InChI is InChI=1S/C22H37INO2/c1-9-13-24(8,21(25)26-22(5,6)7)15-19(23)14-18-12-11-16(3)20(10-2)17(18)4/h11-12,19H,9-10,13-15H2,1-8H3/q+1. The predicted octanol–water partition coefficient (Wildman–Crippen LogP) is 6.00. The summed E-state index contributed by atoms with van der Waals surface area (Å²) in [6.45, 7) is 16.2. The normalized spacial score (nSPS) is 15.4. The monoisotopic (exact) mass is 474 g/mol. The highest BCUT2D eigenvalue weighted by Crippen LogP contribution is 2.24. The molecule has 0 radical (unpaired) electrons. The van der Waals surface area contributed by atoms with Gasteiger partial charge >= 0.3 is 6.09 Å². The summed E-state index contributed by atoms with van der Waals surface area (Å²) < 4.78 is 6.43. The largest absolute Gasteiger partial charge is 0.516 e. The van der Waals surface area contributed by atoms with Crippen LogP contribution in [0.1, 0.15) is 63.3 Å². The molecule has 0 aliphatic heterocycles. The number of hydrogen-bond acceptors (Lipinski definition) is 2. The van der Waals surface area contributed by atoms with E-state index in [-0.39, 0.29) is 6.09 Å². The Bertz CT molecular complexity index is 621. The maximum absolute atomic E-state index is 12.8. The lowest BCUT2D eigenvalue weighted by Gasteiger charge is -2.34. The molecule has 0 fully saturated rings. The molecule has 26 heavy (non-hydrogen) atoms. The van der Waals surface area contributed by atoms with Crippen molar-refractivity contribution in [1.82, 2.24) is 0 Å². The molecule has 0 saturated carbocycles. The first kappa shape index (κ1) is 23.4. The van der Waals surface area contributed by atoms with Crippen LogP contribution in [0.5, 0.6) is 0 Å². The Morgan fingerprint density at radius 1 is 1.23 bits per heavy atom. The smallest absolute Gasteiger partial charge is 0.414 e. The van der Waals surface area contributed by atoms with Crippen LogP contribution in [0.4, 0.5) is 4.79 Å². The van der Waals surface area contributed by atoms with Gasteiger partial charge in [-0.1, -0.05) is 48.6 Å². The van der Waals surface area contributed by atoms with E-state index in [0.717, 1.165) is 32.4 Å². The fourth-order valence-electron chi connectivity index (χ4n) is 3.57. The second kappa shape index (κ2) is 9.54. The molecule has 3 nitrogen and oxygen atoms in total. The molecular weight excluding hydrogens is 437 g/mol. The van der Waals surface area contributed by atoms with Crippen molar-refractivity contribution in [1.29, 1.82) is 0 Å². The quantitative estimate of drug-likeness (QED) is 0.275. The molecule has 0 saturated heterocycles. The number of hydrogen-bond donors (Lipinski definition) is 0. The number of carbonyl (C=O) groups excluding carboxylic acids is 1. The van der Waals surface area contributed by atoms with Crippen LogP contribution >= 0.6 is 22.6 Å². The minimum atomic E-state index is -0.450. The van der Waals surface area contributed by atoms with Gasteiger partial charge in [-0.3, -0.25) is 0 Å². The highest BCUT2D eigenvalue weighted by Gasteiger charge is 2.37. The van der Waals surface area contributed by atoms with Gasteiger partial charge in [-0.25, -0.2) is 4.48 Å². The molecule has 2 atom stereocenters. The Labute approximate surface area is 174 Å². The van der Waals surface area contributed by atoms with Crippen molar-refractivity contribution in [2.75, 3.05) is 20.1 Å². The van der Waals surface area contributed by atoms with Crippen molar-refractivity contribution < 1.29 is 14.0 Å². The van der Waals surface area contributed by atoms with Gasteiger partial charge in [-0.05, 0) is 76.1 Å². The third-order valence-electron chi connectivity index (χ3n) is 4.89. The molecule has 1 amide bonds. The molecule has 4 heteroatoms. The van der Waals surface area contributed by atoms with Crippen LogP contribution in [0.15, 0.2) is 12.1 Å². The minimum Gasteiger partial charge on any atom is -0.414 e. The van der Waals surface area contributed by atoms with E-state index < -0.39 is 5.60 Å². The fourth-order valence-corrected chi connectivity index (χ4v) is 4.91. The van der Waals surface area contributed by atoms with Gasteiger partial charge in [-0.15, -0.1) is 0 Å². The molecule has 148 valence electrons. The number of benzene rings is 1. The maximum atomic E-state index is 12.8. The van der Waals surface area contributed by atoms with Crippen molar-refractivity contribution in [2.24, 2.45) is 0 Å². The molecule has 0 aliphatic rings. The number of ether oxygens (including phenoxy) is 1. The third kappa shape index (κ3) is 6.52. The van der Waals surface area contributed by atoms with Gasteiger partial charge in [0.15, 0.2) is 0 Å². The average molecular weight is 474 g/mol. The van der Waals surface area contributed by atoms with E-state index in [2.05, 4.69) is 62.4 Å². The molecular formula is C22H37INO2+. The molecule has 1 aromatic rings. The average Bonchev–Trinajstić information content (AvgIpc) is 2.49. The summed E-state index contributed by atoms with van der Waals surface area (Å²) in [5, 5.41) is 0. The van der Waals surface area contributed by atoms with Gasteiger partial charge < -0.3 is 4.74 Å². The first-order valence-electron chi connectivity index (χ1n) is 9.73. The van der Waals surface area contributed by atoms with Crippen LogP contribution in [-0.4, -0.2) is 40.2 Å². The van der Waals surface area contributed by atoms with E-state index >= 15 is 0 Å². The van der Waals surface area contributed by atoms with Crippen molar-refractivity contribution in [3.8, 4) is 0 Å². The Morgan fingerprint density at radius 2 is 1.85 bits per heavy atom. The maximum Gasteiger partial charge on any atom is 0.516 e. The summed E-state index contributed by atoms with van der Waals surface area (Å²) in [4.78, 5) is 12.8. The van der Waals surface area contributed by atoms with E-state index in [4.69, 9.17) is 4.74 Å². The number of amides is 1. The van der Waals surface area contributed by atoms with Crippen molar-refractivity contribution in [2.45, 2.75) is 77.3 Å². The highest BCUT2D eigenvalue weighted by molar-refractivity contribution is 14.1. The SMILES string of the molecule is CCC[N+](C)(CC(I)Cc1ccc(C)c(CC)c1C)C(=O)OC(C)(C)C. The number of nitrogens with zero attached hydrogens (tertiary/aromatic N) is 1. The molecule has 0 aliphatic carbocycles. The summed E-state index contributed by atoms with van der Waals surface area (Å²) in [6.07, 6.45) is 2.90. The van der Waals surface area contributed by atoms with Crippen LogP contribution in [-0.2, 0) is 17.6 Å². The Kier molecular flexibility index (Phi) is 8.59. The zero-order valence-electron chi connectivity index (χ0n) is 17.9. The molecule has 0 spiro atoms. The number of rotatable bonds is 7. The topological polar surface area (TPSA) is 26.3 Å². The van der Waals surface area contributed by atoms with Crippen LogP contribution in [0.2, 0.25) is 0 Å². The number of aryl methyl sites for hydroxylation is 1. The molecule has 0 bridgehead atoms. The molecule has 0 heterocycles. The number of alkyl halides is 1. The van der Waals surface area contributed by atoms with Crippen LogP contribution in [0.25, 0.3) is 0 Å². The van der Waals surface area contributed by atoms with E-state index in [1.54, 1.807) is 0 Å². The van der Waals surface area contributed by atoms with Gasteiger partial charge in [-0.2, -0.15) is 4.79 Å². The van der Waals surface area contributed by atoms with Crippen molar-refractivity contribution in [3.63, 3.8) is 0 Å². The lowest BCUT2D eigenvalue weighted by Crippen LogP contribution is -2.54. The molecule has 0 N–H and O–H groups in total. The summed E-state index contributed by atoms with van der Waals surface area (Å²) in [6, 6.07) is 4.49. The highest BCUT2D eigenvalue weighted by atomic mass is 127. The Balaban J connectivity index is 2.95. The lowest BCUT2D eigenvalue weighted by atomic mass is 9.93. The number of carbonyl (C=O) groups is 1. The van der Waals surface area contributed by atoms with Crippen molar-refractivity contribution in [3.05, 3.63) is 34.4 Å². The first-order valence-corrected chi connectivity index (χ1v) is 11.0. The van der Waals surface area contributed by atoms with Crippen LogP contribution in [0, 0.1) is 13.8 Å². The Morgan fingerprint density at radius 3 is 2.35 bits per heavy atom. The number of quaternary nitrogens is 1. The summed E-state index contributed by atoms with van der Waals surface area (Å²) in [5.74, 6) is 0. The fraction of sp³-hybridized carbons (Fsp3) is 0.682. The van der Waals surface area contributed by atoms with Gasteiger partial charge in [0, 0.05) is 0 Å². The number of halogens is 1. The van der Waals surface area contributed by atoms with E-state index in [0.29, 0.717) is 8.41 Å². The zero-order chi connectivity index (χ0) is 20.1. The van der Waals surface area contributed by atoms with Gasteiger partial charge in [0.05, 0.1) is 17.5 Å². The van der Waals surface area contributed by atoms with Gasteiger partial charge in [0.2, 0.25) is 0 Å². The lowest BCUT2D eigenvalue weighted by molar-refractivity contribution is -0.838. The summed E-state index contributed by atoms with van der Waals surface area (Å²) >= 11 is 2.51. The molecule has 1 rings (SSSR count). The Hall–Kier alpha value is -0.620. The van der Waals surface area contributed by atoms with E-state index in [1.165, 1.54) is 22.3 Å². The second-order valence-electron chi connectivity index (χ2n) is 8.58. The molecule has 0 aromatic heterocycles. The van der Waals surface area contributed by atoms with Crippen LogP contribution in [0.3, 0.4) is 0 Å². The van der Waals surface area contributed by atoms with Gasteiger partial charge in [0.25, 0.3) is 0 Å². The first-order chi connectivity index (χ1) is 11.9. The van der Waals surface area contributed by atoms with E-state index in [9.17, 15) is 4.79 Å². The van der Waals surface area contributed by atoms with Crippen molar-refractivity contribution >= 4 is 28.7 Å². The van der Waals surface area contributed by atoms with Gasteiger partial charge in [0.1, 0.15) is 12.1 Å².